The second kappa shape index (κ2) is 4.35. The molecule has 16 heavy (non-hydrogen) atoms. The van der Waals surface area contributed by atoms with Crippen molar-refractivity contribution in [1.29, 1.82) is 0 Å². The van der Waals surface area contributed by atoms with E-state index in [0.717, 1.165) is 21.4 Å². The molecule has 1 atom stereocenters. The second-order valence-corrected chi connectivity index (χ2v) is 4.57. The summed E-state index contributed by atoms with van der Waals surface area (Å²) in [6.45, 7) is 1.95. The Morgan fingerprint density at radius 2 is 2.12 bits per heavy atom. The van der Waals surface area contributed by atoms with E-state index in [-0.39, 0.29) is 6.04 Å². The van der Waals surface area contributed by atoms with Crippen LogP contribution in [0, 0.1) is 6.92 Å². The van der Waals surface area contributed by atoms with Gasteiger partial charge >= 0.3 is 0 Å². The molecule has 0 radical (unpaired) electrons. The minimum Gasteiger partial charge on any atom is -0.319 e. The van der Waals surface area contributed by atoms with E-state index in [1.807, 2.05) is 26.1 Å². The first-order valence-electron chi connectivity index (χ1n) is 4.95. The van der Waals surface area contributed by atoms with Crippen LogP contribution in [0.4, 0.5) is 0 Å². The molecular formula is C11H13BrN4. The van der Waals surface area contributed by atoms with Crippen molar-refractivity contribution in [3.63, 3.8) is 0 Å². The van der Waals surface area contributed by atoms with Gasteiger partial charge in [0.1, 0.15) is 0 Å². The summed E-state index contributed by atoms with van der Waals surface area (Å²) in [5.41, 5.74) is 9.10. The predicted molar refractivity (Wildman–Crippen MR) is 65.9 cm³/mol. The zero-order valence-electron chi connectivity index (χ0n) is 9.18. The van der Waals surface area contributed by atoms with Gasteiger partial charge in [-0.1, -0.05) is 6.07 Å². The van der Waals surface area contributed by atoms with Crippen molar-refractivity contribution in [1.82, 2.24) is 14.8 Å². The Morgan fingerprint density at radius 3 is 2.62 bits per heavy atom. The number of halogens is 1. The van der Waals surface area contributed by atoms with Crippen LogP contribution in [0.25, 0.3) is 0 Å². The summed E-state index contributed by atoms with van der Waals surface area (Å²) in [4.78, 5) is 4.24. The van der Waals surface area contributed by atoms with Crippen LogP contribution in [0.15, 0.2) is 29.0 Å². The molecular weight excluding hydrogens is 268 g/mol. The molecule has 5 heteroatoms. The maximum Gasteiger partial charge on any atom is 0.0749 e. The van der Waals surface area contributed by atoms with Crippen LogP contribution in [0.3, 0.4) is 0 Å². The lowest BCUT2D eigenvalue weighted by atomic mass is 10.1. The lowest BCUT2D eigenvalue weighted by molar-refractivity contribution is 0.670. The molecule has 4 nitrogen and oxygen atoms in total. The highest BCUT2D eigenvalue weighted by atomic mass is 79.9. The Balaban J connectivity index is 2.39. The second-order valence-electron chi connectivity index (χ2n) is 3.71. The Kier molecular flexibility index (Phi) is 3.07. The number of hydrogen-bond acceptors (Lipinski definition) is 3. The van der Waals surface area contributed by atoms with Crippen molar-refractivity contribution < 1.29 is 0 Å². The van der Waals surface area contributed by atoms with Crippen LogP contribution >= 0.6 is 15.9 Å². The summed E-state index contributed by atoms with van der Waals surface area (Å²) in [7, 11) is 1.88. The standard InChI is InChI=1S/C11H13BrN4/c1-7-3-4-8(5-14-7)10(13)11-9(12)6-15-16(11)2/h3-6,10H,13H2,1-2H3. The van der Waals surface area contributed by atoms with E-state index in [1.54, 1.807) is 17.1 Å². The third-order valence-corrected chi connectivity index (χ3v) is 3.14. The molecule has 2 heterocycles. The van der Waals surface area contributed by atoms with Gasteiger partial charge in [0, 0.05) is 18.9 Å². The van der Waals surface area contributed by atoms with E-state index in [1.165, 1.54) is 0 Å². The first-order valence-corrected chi connectivity index (χ1v) is 5.74. The number of aromatic nitrogens is 3. The Morgan fingerprint density at radius 1 is 1.38 bits per heavy atom. The normalized spacial score (nSPS) is 12.8. The molecule has 0 aliphatic rings. The predicted octanol–water partition coefficient (Wildman–Crippen LogP) is 1.93. The van der Waals surface area contributed by atoms with Crippen molar-refractivity contribution in [2.75, 3.05) is 0 Å². The molecule has 1 unspecified atom stereocenters. The van der Waals surface area contributed by atoms with Gasteiger partial charge in [-0.3, -0.25) is 9.67 Å². The summed E-state index contributed by atoms with van der Waals surface area (Å²) in [6, 6.07) is 3.74. The average Bonchev–Trinajstić information content (AvgIpc) is 2.59. The molecule has 0 aliphatic heterocycles. The van der Waals surface area contributed by atoms with Gasteiger partial charge < -0.3 is 5.73 Å². The minimum absolute atomic E-state index is 0.213. The Hall–Kier alpha value is -1.20. The van der Waals surface area contributed by atoms with Crippen molar-refractivity contribution in [2.45, 2.75) is 13.0 Å². The van der Waals surface area contributed by atoms with Crippen molar-refractivity contribution in [2.24, 2.45) is 12.8 Å². The van der Waals surface area contributed by atoms with Gasteiger partial charge in [-0.05, 0) is 34.5 Å². The zero-order chi connectivity index (χ0) is 11.7. The molecule has 2 aromatic rings. The number of nitrogens with zero attached hydrogens (tertiary/aromatic N) is 3. The zero-order valence-corrected chi connectivity index (χ0v) is 10.8. The molecule has 0 bridgehead atoms. The Labute approximate surface area is 103 Å². The first-order chi connectivity index (χ1) is 7.59. The lowest BCUT2D eigenvalue weighted by Crippen LogP contribution is -2.16. The van der Waals surface area contributed by atoms with Gasteiger partial charge in [0.2, 0.25) is 0 Å². The quantitative estimate of drug-likeness (QED) is 0.915. The fraction of sp³-hybridized carbons (Fsp3) is 0.273. The summed E-state index contributed by atoms with van der Waals surface area (Å²) in [5.74, 6) is 0. The summed E-state index contributed by atoms with van der Waals surface area (Å²) in [6.07, 6.45) is 3.55. The van der Waals surface area contributed by atoms with Crippen LogP contribution in [0.5, 0.6) is 0 Å². The molecule has 0 amide bonds. The van der Waals surface area contributed by atoms with E-state index in [2.05, 4.69) is 26.0 Å². The van der Waals surface area contributed by atoms with E-state index in [4.69, 9.17) is 5.73 Å². The van der Waals surface area contributed by atoms with Gasteiger partial charge in [0.15, 0.2) is 0 Å². The maximum atomic E-state index is 6.18. The summed E-state index contributed by atoms with van der Waals surface area (Å²) in [5, 5.41) is 4.15. The van der Waals surface area contributed by atoms with Crippen molar-refractivity contribution in [3.05, 3.63) is 46.0 Å². The highest BCUT2D eigenvalue weighted by Gasteiger charge is 2.16. The lowest BCUT2D eigenvalue weighted by Gasteiger charge is -2.13. The van der Waals surface area contributed by atoms with Gasteiger partial charge in [-0.15, -0.1) is 0 Å². The molecule has 0 aromatic carbocycles. The Bertz CT molecular complexity index is 470. The van der Waals surface area contributed by atoms with E-state index >= 15 is 0 Å². The summed E-state index contributed by atoms with van der Waals surface area (Å²) >= 11 is 3.45. The largest absolute Gasteiger partial charge is 0.319 e. The number of hydrogen-bond donors (Lipinski definition) is 1. The first kappa shape index (κ1) is 11.3. The third kappa shape index (κ3) is 2.01. The SMILES string of the molecule is Cc1ccc(C(N)c2c(Br)cnn2C)cn1. The molecule has 0 saturated heterocycles. The van der Waals surface area contributed by atoms with Gasteiger partial charge in [-0.25, -0.2) is 0 Å². The van der Waals surface area contributed by atoms with E-state index in [9.17, 15) is 0 Å². The molecule has 2 aromatic heterocycles. The molecule has 0 spiro atoms. The maximum absolute atomic E-state index is 6.18. The fourth-order valence-corrected chi connectivity index (χ4v) is 2.19. The summed E-state index contributed by atoms with van der Waals surface area (Å²) < 4.78 is 2.69. The molecule has 2 N–H and O–H groups in total. The molecule has 84 valence electrons. The number of aryl methyl sites for hydroxylation is 2. The van der Waals surface area contributed by atoms with Crippen LogP contribution in [0.1, 0.15) is 23.0 Å². The monoisotopic (exact) mass is 280 g/mol. The number of pyridine rings is 1. The van der Waals surface area contributed by atoms with Gasteiger partial charge in [0.25, 0.3) is 0 Å². The third-order valence-electron chi connectivity index (χ3n) is 2.53. The van der Waals surface area contributed by atoms with Gasteiger partial charge in [0.05, 0.1) is 22.4 Å². The van der Waals surface area contributed by atoms with E-state index in [0.29, 0.717) is 0 Å². The smallest absolute Gasteiger partial charge is 0.0749 e. The highest BCUT2D eigenvalue weighted by Crippen LogP contribution is 2.25. The highest BCUT2D eigenvalue weighted by molar-refractivity contribution is 9.10. The van der Waals surface area contributed by atoms with Gasteiger partial charge in [-0.2, -0.15) is 5.10 Å². The average molecular weight is 281 g/mol. The number of rotatable bonds is 2. The number of nitrogens with two attached hydrogens (primary N) is 1. The molecule has 0 aliphatic carbocycles. The van der Waals surface area contributed by atoms with E-state index < -0.39 is 0 Å². The van der Waals surface area contributed by atoms with Crippen LogP contribution < -0.4 is 5.73 Å². The van der Waals surface area contributed by atoms with Crippen LogP contribution in [-0.2, 0) is 7.05 Å². The fourth-order valence-electron chi connectivity index (χ4n) is 1.59. The van der Waals surface area contributed by atoms with Crippen LogP contribution in [-0.4, -0.2) is 14.8 Å². The molecule has 0 saturated carbocycles. The van der Waals surface area contributed by atoms with Crippen molar-refractivity contribution in [3.8, 4) is 0 Å². The van der Waals surface area contributed by atoms with Crippen molar-refractivity contribution >= 4 is 15.9 Å². The van der Waals surface area contributed by atoms with Crippen LogP contribution in [0.2, 0.25) is 0 Å². The minimum atomic E-state index is -0.213. The molecule has 2 rings (SSSR count). The molecule has 0 fully saturated rings. The topological polar surface area (TPSA) is 56.7 Å².